The van der Waals surface area contributed by atoms with Gasteiger partial charge in [-0.25, -0.2) is 8.78 Å². The van der Waals surface area contributed by atoms with E-state index >= 15 is 0 Å². The van der Waals surface area contributed by atoms with E-state index in [1.165, 1.54) is 12.3 Å². The van der Waals surface area contributed by atoms with E-state index in [4.69, 9.17) is 11.6 Å². The fourth-order valence-electron chi connectivity index (χ4n) is 2.28. The van der Waals surface area contributed by atoms with Crippen molar-refractivity contribution in [1.82, 2.24) is 4.98 Å². The molecular formula is C16H10ClF2NO. The third kappa shape index (κ3) is 2.54. The maximum atomic E-state index is 13.6. The monoisotopic (exact) mass is 305 g/mol. The fraction of sp³-hybridized carbons (Fsp3) is 0.0625. The Kier molecular flexibility index (Phi) is 3.47. The Balaban J connectivity index is 2.00. The van der Waals surface area contributed by atoms with Crippen LogP contribution in [0.3, 0.4) is 0 Å². The summed E-state index contributed by atoms with van der Waals surface area (Å²) in [6.45, 7) is 0. The van der Waals surface area contributed by atoms with Crippen LogP contribution in [0.2, 0.25) is 5.02 Å². The number of aromatic amines is 1. The highest BCUT2D eigenvalue weighted by molar-refractivity contribution is 6.31. The summed E-state index contributed by atoms with van der Waals surface area (Å²) < 4.78 is 27.2. The standard InChI is InChI=1S/C16H10ClF2NO/c17-9-4-5-15-10(6-9)12(8-20-15)16(21)7-11-13(18)2-1-3-14(11)19/h1-6,8,20H,7H2. The molecule has 0 bridgehead atoms. The molecule has 0 aliphatic carbocycles. The predicted octanol–water partition coefficient (Wildman–Crippen LogP) is 4.52. The fourth-order valence-corrected chi connectivity index (χ4v) is 2.45. The lowest BCUT2D eigenvalue weighted by Gasteiger charge is -2.04. The molecule has 1 heterocycles. The minimum absolute atomic E-state index is 0.223. The first kappa shape index (κ1) is 13.8. The van der Waals surface area contributed by atoms with E-state index in [0.717, 1.165) is 17.6 Å². The van der Waals surface area contributed by atoms with Gasteiger partial charge in [-0.15, -0.1) is 0 Å². The summed E-state index contributed by atoms with van der Waals surface area (Å²) in [6, 6.07) is 8.64. The highest BCUT2D eigenvalue weighted by Crippen LogP contribution is 2.24. The van der Waals surface area contributed by atoms with Gasteiger partial charge in [0.25, 0.3) is 0 Å². The first-order valence-electron chi connectivity index (χ1n) is 6.29. The number of carbonyl (C=O) groups is 1. The molecule has 0 radical (unpaired) electrons. The molecule has 0 spiro atoms. The molecule has 0 saturated carbocycles. The average molecular weight is 306 g/mol. The van der Waals surface area contributed by atoms with Crippen LogP contribution in [0.25, 0.3) is 10.9 Å². The van der Waals surface area contributed by atoms with Crippen molar-refractivity contribution in [3.8, 4) is 0 Å². The molecule has 2 aromatic carbocycles. The summed E-state index contributed by atoms with van der Waals surface area (Å²) in [7, 11) is 0. The highest BCUT2D eigenvalue weighted by Gasteiger charge is 2.17. The van der Waals surface area contributed by atoms with Crippen molar-refractivity contribution in [2.45, 2.75) is 6.42 Å². The highest BCUT2D eigenvalue weighted by atomic mass is 35.5. The molecule has 0 atom stereocenters. The van der Waals surface area contributed by atoms with E-state index in [0.29, 0.717) is 16.0 Å². The van der Waals surface area contributed by atoms with Crippen LogP contribution in [-0.4, -0.2) is 10.8 Å². The van der Waals surface area contributed by atoms with Crippen molar-refractivity contribution < 1.29 is 13.6 Å². The summed E-state index contributed by atoms with van der Waals surface area (Å²) in [5.74, 6) is -1.81. The van der Waals surface area contributed by atoms with Crippen LogP contribution in [0.1, 0.15) is 15.9 Å². The van der Waals surface area contributed by atoms with Gasteiger partial charge in [-0.2, -0.15) is 0 Å². The summed E-state index contributed by atoms with van der Waals surface area (Å²) in [4.78, 5) is 15.3. The maximum absolute atomic E-state index is 13.6. The smallest absolute Gasteiger partial charge is 0.169 e. The van der Waals surface area contributed by atoms with Crippen molar-refractivity contribution in [3.05, 3.63) is 70.4 Å². The molecule has 0 saturated heterocycles. The first-order valence-corrected chi connectivity index (χ1v) is 6.67. The van der Waals surface area contributed by atoms with Gasteiger partial charge in [-0.3, -0.25) is 4.79 Å². The molecule has 0 fully saturated rings. The van der Waals surface area contributed by atoms with Gasteiger partial charge in [0, 0.05) is 39.7 Å². The summed E-state index contributed by atoms with van der Waals surface area (Å²) in [6.07, 6.45) is 1.19. The predicted molar refractivity (Wildman–Crippen MR) is 77.7 cm³/mol. The van der Waals surface area contributed by atoms with Gasteiger partial charge in [0.15, 0.2) is 5.78 Å². The van der Waals surface area contributed by atoms with Crippen molar-refractivity contribution in [1.29, 1.82) is 0 Å². The Labute approximate surface area is 124 Å². The number of nitrogens with one attached hydrogen (secondary N) is 1. The van der Waals surface area contributed by atoms with E-state index in [1.54, 1.807) is 18.2 Å². The molecule has 1 N–H and O–H groups in total. The largest absolute Gasteiger partial charge is 0.360 e. The van der Waals surface area contributed by atoms with Crippen molar-refractivity contribution in [2.24, 2.45) is 0 Å². The second-order valence-corrected chi connectivity index (χ2v) is 5.13. The second kappa shape index (κ2) is 5.30. The van der Waals surface area contributed by atoms with Gasteiger partial charge in [-0.1, -0.05) is 17.7 Å². The number of H-pyrrole nitrogens is 1. The lowest BCUT2D eigenvalue weighted by Crippen LogP contribution is -2.06. The molecule has 106 valence electrons. The minimum Gasteiger partial charge on any atom is -0.360 e. The zero-order chi connectivity index (χ0) is 15.0. The molecule has 2 nitrogen and oxygen atoms in total. The number of halogens is 3. The van der Waals surface area contributed by atoms with Crippen molar-refractivity contribution >= 4 is 28.3 Å². The molecule has 21 heavy (non-hydrogen) atoms. The Morgan fingerprint density at radius 2 is 1.86 bits per heavy atom. The number of hydrogen-bond donors (Lipinski definition) is 1. The van der Waals surface area contributed by atoms with Gasteiger partial charge in [-0.05, 0) is 30.3 Å². The second-order valence-electron chi connectivity index (χ2n) is 4.69. The van der Waals surface area contributed by atoms with Crippen LogP contribution in [0.15, 0.2) is 42.6 Å². The maximum Gasteiger partial charge on any atom is 0.169 e. The van der Waals surface area contributed by atoms with Gasteiger partial charge in [0.2, 0.25) is 0 Å². The van der Waals surface area contributed by atoms with E-state index in [1.807, 2.05) is 0 Å². The van der Waals surface area contributed by atoms with Crippen LogP contribution >= 0.6 is 11.6 Å². The third-order valence-electron chi connectivity index (χ3n) is 3.34. The van der Waals surface area contributed by atoms with Gasteiger partial charge in [0.1, 0.15) is 11.6 Å². The van der Waals surface area contributed by atoms with Gasteiger partial charge < -0.3 is 4.98 Å². The summed E-state index contributed by atoms with van der Waals surface area (Å²) in [5, 5.41) is 1.14. The lowest BCUT2D eigenvalue weighted by molar-refractivity contribution is 0.0992. The number of hydrogen-bond acceptors (Lipinski definition) is 1. The van der Waals surface area contributed by atoms with E-state index < -0.39 is 11.6 Å². The molecule has 0 aliphatic rings. The third-order valence-corrected chi connectivity index (χ3v) is 3.58. The van der Waals surface area contributed by atoms with Crippen LogP contribution in [0.5, 0.6) is 0 Å². The Morgan fingerprint density at radius 1 is 1.14 bits per heavy atom. The number of Topliss-reactive ketones (excluding diaryl/α,β-unsaturated/α-hetero) is 1. The normalized spacial score (nSPS) is 11.0. The number of aromatic nitrogens is 1. The van der Waals surface area contributed by atoms with Gasteiger partial charge >= 0.3 is 0 Å². The Hall–Kier alpha value is -2.20. The van der Waals surface area contributed by atoms with E-state index in [-0.39, 0.29) is 17.8 Å². The Bertz CT molecular complexity index is 821. The number of rotatable bonds is 3. The van der Waals surface area contributed by atoms with E-state index in [2.05, 4.69) is 4.98 Å². The average Bonchev–Trinajstić information content (AvgIpc) is 2.86. The summed E-state index contributed by atoms with van der Waals surface area (Å²) in [5.41, 5.74) is 0.894. The summed E-state index contributed by atoms with van der Waals surface area (Å²) >= 11 is 5.92. The molecule has 0 aliphatic heterocycles. The van der Waals surface area contributed by atoms with Crippen LogP contribution in [0, 0.1) is 11.6 Å². The SMILES string of the molecule is O=C(Cc1c(F)cccc1F)c1c[nH]c2ccc(Cl)cc12. The molecule has 0 unspecified atom stereocenters. The van der Waals surface area contributed by atoms with E-state index in [9.17, 15) is 13.6 Å². The number of fused-ring (bicyclic) bond motifs is 1. The molecule has 3 aromatic rings. The van der Waals surface area contributed by atoms with Crippen LogP contribution < -0.4 is 0 Å². The zero-order valence-corrected chi connectivity index (χ0v) is 11.5. The molecule has 3 rings (SSSR count). The number of benzene rings is 2. The topological polar surface area (TPSA) is 32.9 Å². The van der Waals surface area contributed by atoms with Crippen LogP contribution in [-0.2, 0) is 6.42 Å². The number of ketones is 1. The van der Waals surface area contributed by atoms with Crippen LogP contribution in [0.4, 0.5) is 8.78 Å². The Morgan fingerprint density at radius 3 is 2.57 bits per heavy atom. The lowest BCUT2D eigenvalue weighted by atomic mass is 10.0. The van der Waals surface area contributed by atoms with Crippen molar-refractivity contribution in [3.63, 3.8) is 0 Å². The van der Waals surface area contributed by atoms with Crippen molar-refractivity contribution in [2.75, 3.05) is 0 Å². The quantitative estimate of drug-likeness (QED) is 0.709. The first-order chi connectivity index (χ1) is 10.1. The molecule has 0 amide bonds. The van der Waals surface area contributed by atoms with Gasteiger partial charge in [0.05, 0.1) is 0 Å². The number of carbonyl (C=O) groups excluding carboxylic acids is 1. The molecular weight excluding hydrogens is 296 g/mol. The molecule has 1 aromatic heterocycles. The zero-order valence-electron chi connectivity index (χ0n) is 10.8. The molecule has 5 heteroatoms. The minimum atomic E-state index is -0.721.